The van der Waals surface area contributed by atoms with Crippen LogP contribution in [0.5, 0.6) is 0 Å². The van der Waals surface area contributed by atoms with E-state index in [0.29, 0.717) is 0 Å². The molecule has 0 unspecified atom stereocenters. The van der Waals surface area contributed by atoms with Crippen LogP contribution in [0.3, 0.4) is 0 Å². The molecular weight excluding hydrogens is 228 g/mol. The van der Waals surface area contributed by atoms with Crippen LogP contribution < -0.4 is 0 Å². The Hall–Kier alpha value is -1.56. The largest absolute Gasteiger partial charge is 0.0613 e. The summed E-state index contributed by atoms with van der Waals surface area (Å²) in [4.78, 5) is 0. The molecule has 0 amide bonds. The molecule has 0 saturated carbocycles. The van der Waals surface area contributed by atoms with Crippen LogP contribution in [0, 0.1) is 27.7 Å². The van der Waals surface area contributed by atoms with Gasteiger partial charge in [-0.3, -0.25) is 0 Å². The van der Waals surface area contributed by atoms with Crippen molar-refractivity contribution in [2.45, 2.75) is 47.5 Å². The summed E-state index contributed by atoms with van der Waals surface area (Å²) in [6.45, 7) is 11.0. The van der Waals surface area contributed by atoms with Gasteiger partial charge in [0.1, 0.15) is 0 Å². The van der Waals surface area contributed by atoms with Crippen LogP contribution in [0.4, 0.5) is 0 Å². The molecule has 0 bridgehead atoms. The Morgan fingerprint density at radius 1 is 0.737 bits per heavy atom. The number of hydrogen-bond acceptors (Lipinski definition) is 0. The van der Waals surface area contributed by atoms with E-state index in [2.05, 4.69) is 65.0 Å². The summed E-state index contributed by atoms with van der Waals surface area (Å²) in [5.74, 6) is 0. The molecule has 19 heavy (non-hydrogen) atoms. The van der Waals surface area contributed by atoms with Crippen molar-refractivity contribution in [1.82, 2.24) is 0 Å². The minimum atomic E-state index is 1.04. The number of hydrogen-bond donors (Lipinski definition) is 0. The Balaban J connectivity index is 2.35. The van der Waals surface area contributed by atoms with Crippen LogP contribution in [-0.2, 0) is 12.8 Å². The monoisotopic (exact) mass is 252 g/mol. The van der Waals surface area contributed by atoms with Crippen LogP contribution in [0.2, 0.25) is 0 Å². The first-order chi connectivity index (χ1) is 8.99. The van der Waals surface area contributed by atoms with E-state index in [1.807, 2.05) is 0 Å². The van der Waals surface area contributed by atoms with Gasteiger partial charge in [-0.25, -0.2) is 0 Å². The molecule has 2 aromatic carbocycles. The minimum absolute atomic E-state index is 1.04. The van der Waals surface area contributed by atoms with Crippen LogP contribution in [-0.4, -0.2) is 0 Å². The van der Waals surface area contributed by atoms with Crippen molar-refractivity contribution >= 4 is 0 Å². The molecule has 0 aliphatic heterocycles. The van der Waals surface area contributed by atoms with E-state index in [9.17, 15) is 0 Å². The summed E-state index contributed by atoms with van der Waals surface area (Å²) in [6, 6.07) is 11.6. The topological polar surface area (TPSA) is 0 Å². The van der Waals surface area contributed by atoms with Gasteiger partial charge in [0.15, 0.2) is 0 Å². The number of rotatable bonds is 3. The van der Waals surface area contributed by atoms with Crippen molar-refractivity contribution in [1.29, 1.82) is 0 Å². The third kappa shape index (κ3) is 3.26. The zero-order valence-corrected chi connectivity index (χ0v) is 12.8. The van der Waals surface area contributed by atoms with Gasteiger partial charge >= 0.3 is 0 Å². The van der Waals surface area contributed by atoms with E-state index in [1.54, 1.807) is 0 Å². The SMILES string of the molecule is CCc1cc(Cc2cc(C)cc(C)c2)cc(C)c1C. The maximum Gasteiger partial charge on any atom is -0.00254 e. The molecule has 2 rings (SSSR count). The van der Waals surface area contributed by atoms with Crippen molar-refractivity contribution in [2.24, 2.45) is 0 Å². The highest BCUT2D eigenvalue weighted by molar-refractivity contribution is 5.40. The fourth-order valence-electron chi connectivity index (χ4n) is 2.89. The van der Waals surface area contributed by atoms with Gasteiger partial charge in [0.25, 0.3) is 0 Å². The molecule has 0 fully saturated rings. The lowest BCUT2D eigenvalue weighted by atomic mass is 9.94. The second-order valence-corrected chi connectivity index (χ2v) is 5.72. The second-order valence-electron chi connectivity index (χ2n) is 5.72. The standard InChI is InChI=1S/C19H24/c1-6-19-12-18(10-15(4)16(19)5)11-17-8-13(2)7-14(3)9-17/h7-10,12H,6,11H2,1-5H3. The molecule has 0 spiro atoms. The molecule has 0 atom stereocenters. The van der Waals surface area contributed by atoms with Gasteiger partial charge in [-0.05, 0) is 68.4 Å². The molecule has 0 saturated heterocycles. The van der Waals surface area contributed by atoms with Gasteiger partial charge in [0.05, 0.1) is 0 Å². The maximum absolute atomic E-state index is 2.38. The third-order valence-electron chi connectivity index (χ3n) is 3.91. The fraction of sp³-hybridized carbons (Fsp3) is 0.368. The highest BCUT2D eigenvalue weighted by Crippen LogP contribution is 2.20. The van der Waals surface area contributed by atoms with E-state index >= 15 is 0 Å². The zero-order valence-electron chi connectivity index (χ0n) is 12.8. The predicted molar refractivity (Wildman–Crippen MR) is 84.0 cm³/mol. The van der Waals surface area contributed by atoms with Crippen LogP contribution in [0.15, 0.2) is 30.3 Å². The Kier molecular flexibility index (Phi) is 4.09. The van der Waals surface area contributed by atoms with Gasteiger partial charge in [0, 0.05) is 0 Å². The Morgan fingerprint density at radius 2 is 1.32 bits per heavy atom. The average Bonchev–Trinajstić information content (AvgIpc) is 2.32. The molecular formula is C19H24. The van der Waals surface area contributed by atoms with Crippen molar-refractivity contribution in [3.05, 3.63) is 69.3 Å². The maximum atomic E-state index is 2.38. The van der Waals surface area contributed by atoms with Crippen molar-refractivity contribution < 1.29 is 0 Å². The van der Waals surface area contributed by atoms with E-state index in [0.717, 1.165) is 12.8 Å². The van der Waals surface area contributed by atoms with E-state index in [1.165, 1.54) is 38.9 Å². The Bertz CT molecular complexity index is 571. The lowest BCUT2D eigenvalue weighted by Crippen LogP contribution is -1.97. The third-order valence-corrected chi connectivity index (χ3v) is 3.91. The van der Waals surface area contributed by atoms with Gasteiger partial charge in [-0.15, -0.1) is 0 Å². The quantitative estimate of drug-likeness (QED) is 0.715. The first kappa shape index (κ1) is 13.9. The van der Waals surface area contributed by atoms with E-state index in [-0.39, 0.29) is 0 Å². The normalized spacial score (nSPS) is 10.8. The van der Waals surface area contributed by atoms with E-state index in [4.69, 9.17) is 0 Å². The molecule has 0 radical (unpaired) electrons. The molecule has 0 N–H and O–H groups in total. The smallest absolute Gasteiger partial charge is 0.00254 e. The van der Waals surface area contributed by atoms with Crippen LogP contribution >= 0.6 is 0 Å². The second kappa shape index (κ2) is 5.61. The van der Waals surface area contributed by atoms with Gasteiger partial charge in [0.2, 0.25) is 0 Å². The van der Waals surface area contributed by atoms with Crippen molar-refractivity contribution in [2.75, 3.05) is 0 Å². The van der Waals surface area contributed by atoms with Crippen molar-refractivity contribution in [3.8, 4) is 0 Å². The summed E-state index contributed by atoms with van der Waals surface area (Å²) in [5, 5.41) is 0. The van der Waals surface area contributed by atoms with Crippen LogP contribution in [0.25, 0.3) is 0 Å². The first-order valence-corrected chi connectivity index (χ1v) is 7.15. The lowest BCUT2D eigenvalue weighted by molar-refractivity contribution is 1.06. The zero-order chi connectivity index (χ0) is 14.0. The fourth-order valence-corrected chi connectivity index (χ4v) is 2.89. The molecule has 0 aliphatic carbocycles. The van der Waals surface area contributed by atoms with E-state index < -0.39 is 0 Å². The molecule has 0 nitrogen and oxygen atoms in total. The van der Waals surface area contributed by atoms with Crippen molar-refractivity contribution in [3.63, 3.8) is 0 Å². The molecule has 100 valence electrons. The Labute approximate surface area is 117 Å². The Morgan fingerprint density at radius 3 is 1.89 bits per heavy atom. The molecule has 0 heteroatoms. The predicted octanol–water partition coefficient (Wildman–Crippen LogP) is 5.07. The first-order valence-electron chi connectivity index (χ1n) is 7.15. The number of benzene rings is 2. The average molecular weight is 252 g/mol. The van der Waals surface area contributed by atoms with Gasteiger partial charge < -0.3 is 0 Å². The highest BCUT2D eigenvalue weighted by Gasteiger charge is 2.05. The highest BCUT2D eigenvalue weighted by atomic mass is 14.1. The number of aryl methyl sites for hydroxylation is 4. The minimum Gasteiger partial charge on any atom is -0.0613 e. The molecule has 0 aromatic heterocycles. The summed E-state index contributed by atoms with van der Waals surface area (Å²) < 4.78 is 0. The summed E-state index contributed by atoms with van der Waals surface area (Å²) in [6.07, 6.45) is 2.16. The van der Waals surface area contributed by atoms with Gasteiger partial charge in [-0.2, -0.15) is 0 Å². The summed E-state index contributed by atoms with van der Waals surface area (Å²) in [7, 11) is 0. The summed E-state index contributed by atoms with van der Waals surface area (Å²) >= 11 is 0. The summed E-state index contributed by atoms with van der Waals surface area (Å²) in [5.41, 5.74) is 9.92. The molecule has 0 aliphatic rings. The molecule has 2 aromatic rings. The van der Waals surface area contributed by atoms with Gasteiger partial charge in [-0.1, -0.05) is 48.4 Å². The lowest BCUT2D eigenvalue weighted by Gasteiger charge is -2.12. The van der Waals surface area contributed by atoms with Crippen LogP contribution in [0.1, 0.15) is 45.9 Å². The molecule has 0 heterocycles.